The molecular formula is C9H17NO3. The molecule has 0 fully saturated rings. The number of hydrogen-bond donors (Lipinski definition) is 2. The molecule has 0 saturated heterocycles. The summed E-state index contributed by atoms with van der Waals surface area (Å²) >= 11 is 0. The lowest BCUT2D eigenvalue weighted by atomic mass is 10.00. The Morgan fingerprint density at radius 3 is 2.15 bits per heavy atom. The van der Waals surface area contributed by atoms with Crippen LogP contribution in [0.15, 0.2) is 0 Å². The molecule has 0 aliphatic rings. The standard InChI is InChI=1S/C9H17NO3/c1-6(2)8(11)4-7(10-3)5-9(12)13/h6-7,10H,4-5H2,1-3H3,(H,12,13). The maximum atomic E-state index is 11.3. The van der Waals surface area contributed by atoms with Crippen LogP contribution < -0.4 is 5.32 Å². The normalized spacial score (nSPS) is 12.9. The van der Waals surface area contributed by atoms with Crippen LogP contribution in [0.5, 0.6) is 0 Å². The van der Waals surface area contributed by atoms with E-state index in [-0.39, 0.29) is 24.2 Å². The van der Waals surface area contributed by atoms with Gasteiger partial charge < -0.3 is 10.4 Å². The number of carbonyl (C=O) groups is 2. The van der Waals surface area contributed by atoms with Gasteiger partial charge in [0.15, 0.2) is 0 Å². The number of rotatable bonds is 6. The number of nitrogens with one attached hydrogen (secondary N) is 1. The summed E-state index contributed by atoms with van der Waals surface area (Å²) in [5, 5.41) is 11.3. The zero-order valence-electron chi connectivity index (χ0n) is 8.33. The molecule has 1 atom stereocenters. The maximum absolute atomic E-state index is 11.3. The van der Waals surface area contributed by atoms with Gasteiger partial charge in [-0.3, -0.25) is 9.59 Å². The predicted octanol–water partition coefficient (Wildman–Crippen LogP) is 0.664. The van der Waals surface area contributed by atoms with Crippen LogP contribution in [0.1, 0.15) is 26.7 Å². The van der Waals surface area contributed by atoms with E-state index in [1.165, 1.54) is 0 Å². The van der Waals surface area contributed by atoms with Gasteiger partial charge in [-0.25, -0.2) is 0 Å². The van der Waals surface area contributed by atoms with E-state index < -0.39 is 5.97 Å². The fourth-order valence-electron chi connectivity index (χ4n) is 0.966. The molecule has 0 radical (unpaired) electrons. The van der Waals surface area contributed by atoms with Gasteiger partial charge in [0.2, 0.25) is 0 Å². The third kappa shape index (κ3) is 5.36. The molecule has 4 heteroatoms. The van der Waals surface area contributed by atoms with Crippen LogP contribution in [0, 0.1) is 5.92 Å². The fourth-order valence-corrected chi connectivity index (χ4v) is 0.966. The molecule has 76 valence electrons. The largest absolute Gasteiger partial charge is 0.481 e. The lowest BCUT2D eigenvalue weighted by Crippen LogP contribution is -2.31. The smallest absolute Gasteiger partial charge is 0.304 e. The number of carboxylic acids is 1. The molecule has 0 bridgehead atoms. The van der Waals surface area contributed by atoms with Crippen molar-refractivity contribution in [3.05, 3.63) is 0 Å². The van der Waals surface area contributed by atoms with E-state index in [9.17, 15) is 9.59 Å². The van der Waals surface area contributed by atoms with Gasteiger partial charge in [0.1, 0.15) is 5.78 Å². The lowest BCUT2D eigenvalue weighted by Gasteiger charge is -2.13. The molecule has 13 heavy (non-hydrogen) atoms. The summed E-state index contributed by atoms with van der Waals surface area (Å²) in [6.45, 7) is 3.63. The minimum absolute atomic E-state index is 0.00500. The van der Waals surface area contributed by atoms with Gasteiger partial charge >= 0.3 is 5.97 Å². The Hall–Kier alpha value is -0.900. The van der Waals surface area contributed by atoms with Crippen LogP contribution in [0.25, 0.3) is 0 Å². The Kier molecular flexibility index (Phi) is 5.30. The van der Waals surface area contributed by atoms with Gasteiger partial charge in [0.25, 0.3) is 0 Å². The number of hydrogen-bond acceptors (Lipinski definition) is 3. The van der Waals surface area contributed by atoms with Crippen LogP contribution in [-0.4, -0.2) is 29.9 Å². The second-order valence-electron chi connectivity index (χ2n) is 3.41. The highest BCUT2D eigenvalue weighted by Gasteiger charge is 2.16. The van der Waals surface area contributed by atoms with Crippen LogP contribution in [0.4, 0.5) is 0 Å². The zero-order chi connectivity index (χ0) is 10.4. The Balaban J connectivity index is 3.97. The molecule has 0 heterocycles. The Morgan fingerprint density at radius 1 is 1.31 bits per heavy atom. The van der Waals surface area contributed by atoms with Gasteiger partial charge in [-0.15, -0.1) is 0 Å². The first kappa shape index (κ1) is 12.1. The Bertz CT molecular complexity index is 189. The van der Waals surface area contributed by atoms with Gasteiger partial charge in [0, 0.05) is 18.4 Å². The molecule has 0 rings (SSSR count). The van der Waals surface area contributed by atoms with Crippen molar-refractivity contribution in [2.24, 2.45) is 5.92 Å². The average Bonchev–Trinajstić information content (AvgIpc) is 2.02. The second kappa shape index (κ2) is 5.70. The third-order valence-electron chi connectivity index (χ3n) is 1.92. The highest BCUT2D eigenvalue weighted by atomic mass is 16.4. The summed E-state index contributed by atoms with van der Waals surface area (Å²) < 4.78 is 0. The summed E-state index contributed by atoms with van der Waals surface area (Å²) in [5.74, 6) is -0.804. The molecule has 0 aliphatic carbocycles. The van der Waals surface area contributed by atoms with E-state index in [4.69, 9.17) is 5.11 Å². The Morgan fingerprint density at radius 2 is 1.85 bits per heavy atom. The summed E-state index contributed by atoms with van der Waals surface area (Å²) in [5.41, 5.74) is 0. The topological polar surface area (TPSA) is 66.4 Å². The highest BCUT2D eigenvalue weighted by Crippen LogP contribution is 2.05. The molecule has 0 aromatic rings. The van der Waals surface area contributed by atoms with E-state index in [0.29, 0.717) is 6.42 Å². The zero-order valence-corrected chi connectivity index (χ0v) is 8.33. The van der Waals surface area contributed by atoms with E-state index in [1.807, 2.05) is 13.8 Å². The average molecular weight is 187 g/mol. The molecule has 0 aromatic heterocycles. The quantitative estimate of drug-likeness (QED) is 0.641. The first-order valence-electron chi connectivity index (χ1n) is 4.39. The van der Waals surface area contributed by atoms with E-state index in [2.05, 4.69) is 5.32 Å². The highest BCUT2D eigenvalue weighted by molar-refractivity contribution is 5.81. The van der Waals surface area contributed by atoms with Crippen molar-refractivity contribution in [1.29, 1.82) is 0 Å². The fraction of sp³-hybridized carbons (Fsp3) is 0.778. The first-order chi connectivity index (χ1) is 5.97. The van der Waals surface area contributed by atoms with Crippen molar-refractivity contribution < 1.29 is 14.7 Å². The van der Waals surface area contributed by atoms with E-state index in [0.717, 1.165) is 0 Å². The van der Waals surface area contributed by atoms with Crippen molar-refractivity contribution in [3.63, 3.8) is 0 Å². The SMILES string of the molecule is CNC(CC(=O)O)CC(=O)C(C)C. The molecular weight excluding hydrogens is 170 g/mol. The summed E-state index contributed by atoms with van der Waals surface area (Å²) in [7, 11) is 1.67. The van der Waals surface area contributed by atoms with E-state index >= 15 is 0 Å². The van der Waals surface area contributed by atoms with Gasteiger partial charge in [-0.1, -0.05) is 13.8 Å². The molecule has 0 saturated carbocycles. The predicted molar refractivity (Wildman–Crippen MR) is 49.6 cm³/mol. The van der Waals surface area contributed by atoms with Crippen LogP contribution in [-0.2, 0) is 9.59 Å². The first-order valence-corrected chi connectivity index (χ1v) is 4.39. The molecule has 4 nitrogen and oxygen atoms in total. The van der Waals surface area contributed by atoms with Crippen molar-refractivity contribution in [3.8, 4) is 0 Å². The van der Waals surface area contributed by atoms with Crippen molar-refractivity contribution >= 4 is 11.8 Å². The van der Waals surface area contributed by atoms with Crippen LogP contribution in [0.3, 0.4) is 0 Å². The molecule has 0 aromatic carbocycles. The van der Waals surface area contributed by atoms with E-state index in [1.54, 1.807) is 7.05 Å². The minimum atomic E-state index is -0.879. The molecule has 2 N–H and O–H groups in total. The molecule has 0 amide bonds. The van der Waals surface area contributed by atoms with Gasteiger partial charge in [0.05, 0.1) is 6.42 Å². The Labute approximate surface area is 78.3 Å². The number of carboxylic acid groups (broad SMARTS) is 1. The summed E-state index contributed by atoms with van der Waals surface area (Å²) in [6, 6.07) is -0.243. The monoisotopic (exact) mass is 187 g/mol. The van der Waals surface area contributed by atoms with Crippen LogP contribution in [0.2, 0.25) is 0 Å². The van der Waals surface area contributed by atoms with Crippen molar-refractivity contribution in [1.82, 2.24) is 5.32 Å². The molecule has 0 aliphatic heterocycles. The number of ketones is 1. The van der Waals surface area contributed by atoms with Gasteiger partial charge in [-0.2, -0.15) is 0 Å². The lowest BCUT2D eigenvalue weighted by molar-refractivity contribution is -0.137. The number of Topliss-reactive ketones (excluding diaryl/α,β-unsaturated/α-hetero) is 1. The maximum Gasteiger partial charge on any atom is 0.304 e. The summed E-state index contributed by atoms with van der Waals surface area (Å²) in [6.07, 6.45) is 0.287. The third-order valence-corrected chi connectivity index (χ3v) is 1.92. The minimum Gasteiger partial charge on any atom is -0.481 e. The number of aliphatic carboxylic acids is 1. The number of carbonyl (C=O) groups excluding carboxylic acids is 1. The summed E-state index contributed by atoms with van der Waals surface area (Å²) in [4.78, 5) is 21.6. The van der Waals surface area contributed by atoms with Crippen molar-refractivity contribution in [2.75, 3.05) is 7.05 Å². The van der Waals surface area contributed by atoms with Crippen molar-refractivity contribution in [2.45, 2.75) is 32.7 Å². The second-order valence-corrected chi connectivity index (χ2v) is 3.41. The molecule has 1 unspecified atom stereocenters. The van der Waals surface area contributed by atoms with Gasteiger partial charge in [-0.05, 0) is 7.05 Å². The van der Waals surface area contributed by atoms with Crippen LogP contribution >= 0.6 is 0 Å². The molecule has 0 spiro atoms.